The maximum atomic E-state index is 12.4. The molecule has 1 aromatic carbocycles. The second-order valence-corrected chi connectivity index (χ2v) is 4.28. The zero-order chi connectivity index (χ0) is 14.7. The van der Waals surface area contributed by atoms with Crippen LogP contribution in [0.3, 0.4) is 0 Å². The maximum absolute atomic E-state index is 12.4. The summed E-state index contributed by atoms with van der Waals surface area (Å²) in [7, 11) is 2.76. The van der Waals surface area contributed by atoms with E-state index in [2.05, 4.69) is 0 Å². The molecular formula is C13H17NO6. The predicted molar refractivity (Wildman–Crippen MR) is 69.1 cm³/mol. The molecule has 1 aliphatic rings. The Morgan fingerprint density at radius 2 is 1.95 bits per heavy atom. The van der Waals surface area contributed by atoms with Gasteiger partial charge in [0.2, 0.25) is 5.75 Å². The van der Waals surface area contributed by atoms with Crippen LogP contribution in [0, 0.1) is 0 Å². The fourth-order valence-corrected chi connectivity index (χ4v) is 2.01. The molecule has 20 heavy (non-hydrogen) atoms. The number of amides is 1. The molecule has 2 rings (SSSR count). The number of rotatable bonds is 3. The molecule has 1 amide bonds. The lowest BCUT2D eigenvalue weighted by Crippen LogP contribution is -2.48. The molecule has 1 atom stereocenters. The minimum Gasteiger partial charge on any atom is -0.502 e. The van der Waals surface area contributed by atoms with Gasteiger partial charge in [0, 0.05) is 12.1 Å². The van der Waals surface area contributed by atoms with Crippen LogP contribution in [-0.2, 0) is 4.74 Å². The lowest BCUT2D eigenvalue weighted by atomic mass is 10.1. The normalized spacial score (nSPS) is 18.8. The van der Waals surface area contributed by atoms with E-state index in [4.69, 9.17) is 14.2 Å². The number of morpholine rings is 1. The van der Waals surface area contributed by atoms with E-state index in [1.54, 1.807) is 0 Å². The van der Waals surface area contributed by atoms with Crippen molar-refractivity contribution >= 4 is 5.91 Å². The SMILES string of the molecule is COc1cc(C(=O)N2CCOCC2O)cc(OC)c1O. The first-order chi connectivity index (χ1) is 9.58. The quantitative estimate of drug-likeness (QED) is 0.824. The minimum atomic E-state index is -0.984. The summed E-state index contributed by atoms with van der Waals surface area (Å²) in [5.74, 6) is -0.280. The number of aliphatic hydroxyl groups is 1. The van der Waals surface area contributed by atoms with Gasteiger partial charge in [-0.1, -0.05) is 0 Å². The fraction of sp³-hybridized carbons (Fsp3) is 0.462. The Balaban J connectivity index is 2.34. The van der Waals surface area contributed by atoms with E-state index in [-0.39, 0.29) is 35.3 Å². The van der Waals surface area contributed by atoms with Crippen molar-refractivity contribution < 1.29 is 29.2 Å². The number of ether oxygens (including phenoxy) is 3. The van der Waals surface area contributed by atoms with Crippen molar-refractivity contribution in [1.82, 2.24) is 4.90 Å². The van der Waals surface area contributed by atoms with Gasteiger partial charge in [-0.3, -0.25) is 4.79 Å². The molecule has 2 N–H and O–H groups in total. The van der Waals surface area contributed by atoms with Gasteiger partial charge in [0.15, 0.2) is 17.7 Å². The highest BCUT2D eigenvalue weighted by Gasteiger charge is 2.27. The molecule has 0 spiro atoms. The highest BCUT2D eigenvalue weighted by atomic mass is 16.5. The molecule has 1 aliphatic heterocycles. The standard InChI is InChI=1S/C13H17NO6/c1-18-9-5-8(6-10(19-2)12(9)16)13(17)14-3-4-20-7-11(14)15/h5-6,11,15-16H,3-4,7H2,1-2H3. The van der Waals surface area contributed by atoms with Gasteiger partial charge in [-0.05, 0) is 12.1 Å². The summed E-state index contributed by atoms with van der Waals surface area (Å²) in [6, 6.07) is 2.81. The molecule has 0 aliphatic carbocycles. The number of carbonyl (C=O) groups is 1. The van der Waals surface area contributed by atoms with Crippen LogP contribution in [0.4, 0.5) is 0 Å². The van der Waals surface area contributed by atoms with Crippen molar-refractivity contribution in [2.75, 3.05) is 34.0 Å². The number of hydrogen-bond acceptors (Lipinski definition) is 6. The number of carbonyl (C=O) groups excluding carboxylic acids is 1. The molecule has 1 fully saturated rings. The Morgan fingerprint density at radius 1 is 1.35 bits per heavy atom. The largest absolute Gasteiger partial charge is 0.502 e. The van der Waals surface area contributed by atoms with Crippen LogP contribution in [0.1, 0.15) is 10.4 Å². The summed E-state index contributed by atoms with van der Waals surface area (Å²) >= 11 is 0. The van der Waals surface area contributed by atoms with Crippen molar-refractivity contribution in [3.8, 4) is 17.2 Å². The lowest BCUT2D eigenvalue weighted by Gasteiger charge is -2.32. The smallest absolute Gasteiger partial charge is 0.256 e. The van der Waals surface area contributed by atoms with E-state index in [9.17, 15) is 15.0 Å². The fourth-order valence-electron chi connectivity index (χ4n) is 2.01. The Kier molecular flexibility index (Phi) is 4.31. The summed E-state index contributed by atoms with van der Waals surface area (Å²) in [5.41, 5.74) is 0.262. The number of aromatic hydroxyl groups is 1. The van der Waals surface area contributed by atoms with Gasteiger partial charge in [0.05, 0.1) is 27.4 Å². The zero-order valence-corrected chi connectivity index (χ0v) is 11.3. The molecule has 1 saturated heterocycles. The summed E-state index contributed by atoms with van der Waals surface area (Å²) in [5, 5.41) is 19.6. The Labute approximate surface area is 116 Å². The molecule has 0 saturated carbocycles. The van der Waals surface area contributed by atoms with Gasteiger partial charge in [0.1, 0.15) is 0 Å². The number of nitrogens with zero attached hydrogens (tertiary/aromatic N) is 1. The third-order valence-electron chi connectivity index (χ3n) is 3.09. The van der Waals surface area contributed by atoms with E-state index < -0.39 is 6.23 Å². The third kappa shape index (κ3) is 2.63. The summed E-state index contributed by atoms with van der Waals surface area (Å²) in [4.78, 5) is 13.7. The summed E-state index contributed by atoms with van der Waals surface area (Å²) in [6.45, 7) is 0.749. The molecule has 7 nitrogen and oxygen atoms in total. The first-order valence-corrected chi connectivity index (χ1v) is 6.10. The molecule has 1 heterocycles. The molecule has 1 unspecified atom stereocenters. The molecule has 7 heteroatoms. The minimum absolute atomic E-state index is 0.0814. The summed E-state index contributed by atoms with van der Waals surface area (Å²) < 4.78 is 15.1. The number of benzene rings is 1. The number of phenolic OH excluding ortho intramolecular Hbond substituents is 1. The average Bonchev–Trinajstić information content (AvgIpc) is 2.47. The third-order valence-corrected chi connectivity index (χ3v) is 3.09. The Hall–Kier alpha value is -1.99. The van der Waals surface area contributed by atoms with E-state index >= 15 is 0 Å². The van der Waals surface area contributed by atoms with Crippen LogP contribution < -0.4 is 9.47 Å². The van der Waals surface area contributed by atoms with E-state index in [1.807, 2.05) is 0 Å². The first-order valence-electron chi connectivity index (χ1n) is 6.10. The predicted octanol–water partition coefficient (Wildman–Crippen LogP) is 0.200. The van der Waals surface area contributed by atoms with Crippen molar-refractivity contribution in [1.29, 1.82) is 0 Å². The average molecular weight is 283 g/mol. The van der Waals surface area contributed by atoms with Crippen molar-refractivity contribution in [3.63, 3.8) is 0 Å². The highest BCUT2D eigenvalue weighted by Crippen LogP contribution is 2.37. The van der Waals surface area contributed by atoms with Gasteiger partial charge in [-0.25, -0.2) is 0 Å². The molecular weight excluding hydrogens is 266 g/mol. The van der Waals surface area contributed by atoms with E-state index in [0.717, 1.165) is 0 Å². The molecule has 0 aromatic heterocycles. The Bertz CT molecular complexity index is 479. The van der Waals surface area contributed by atoms with Crippen LogP contribution in [0.25, 0.3) is 0 Å². The van der Waals surface area contributed by atoms with Gasteiger partial charge < -0.3 is 29.3 Å². The van der Waals surface area contributed by atoms with Crippen LogP contribution >= 0.6 is 0 Å². The molecule has 0 radical (unpaired) electrons. The number of phenols is 1. The number of aliphatic hydroxyl groups excluding tert-OH is 1. The topological polar surface area (TPSA) is 88.5 Å². The van der Waals surface area contributed by atoms with Crippen molar-refractivity contribution in [2.24, 2.45) is 0 Å². The van der Waals surface area contributed by atoms with Gasteiger partial charge in [-0.2, -0.15) is 0 Å². The van der Waals surface area contributed by atoms with Gasteiger partial charge >= 0.3 is 0 Å². The number of methoxy groups -OCH3 is 2. The second-order valence-electron chi connectivity index (χ2n) is 4.28. The van der Waals surface area contributed by atoms with E-state index in [0.29, 0.717) is 13.2 Å². The Morgan fingerprint density at radius 3 is 2.45 bits per heavy atom. The van der Waals surface area contributed by atoms with Gasteiger partial charge in [-0.15, -0.1) is 0 Å². The number of hydrogen-bond donors (Lipinski definition) is 2. The van der Waals surface area contributed by atoms with Crippen LogP contribution in [0.15, 0.2) is 12.1 Å². The zero-order valence-electron chi connectivity index (χ0n) is 11.3. The maximum Gasteiger partial charge on any atom is 0.256 e. The van der Waals surface area contributed by atoms with Crippen LogP contribution in [0.2, 0.25) is 0 Å². The molecule has 110 valence electrons. The first kappa shape index (κ1) is 14.4. The van der Waals surface area contributed by atoms with Crippen molar-refractivity contribution in [3.05, 3.63) is 17.7 Å². The van der Waals surface area contributed by atoms with Gasteiger partial charge in [0.25, 0.3) is 5.91 Å². The van der Waals surface area contributed by atoms with E-state index in [1.165, 1.54) is 31.3 Å². The lowest BCUT2D eigenvalue weighted by molar-refractivity contribution is -0.0874. The van der Waals surface area contributed by atoms with Crippen LogP contribution in [-0.4, -0.2) is 61.2 Å². The van der Waals surface area contributed by atoms with Crippen LogP contribution in [0.5, 0.6) is 17.2 Å². The van der Waals surface area contributed by atoms with Crippen molar-refractivity contribution in [2.45, 2.75) is 6.23 Å². The summed E-state index contributed by atoms with van der Waals surface area (Å²) in [6.07, 6.45) is -0.984. The highest BCUT2D eigenvalue weighted by molar-refractivity contribution is 5.95. The molecule has 0 bridgehead atoms. The monoisotopic (exact) mass is 283 g/mol. The molecule has 1 aromatic rings. The second kappa shape index (κ2) is 5.98.